The van der Waals surface area contributed by atoms with E-state index in [9.17, 15) is 23.3 Å². The number of fused-ring (bicyclic) bond motifs is 1. The molecule has 1 aliphatic heterocycles. The summed E-state index contributed by atoms with van der Waals surface area (Å²) in [6.07, 6.45) is 3.82. The van der Waals surface area contributed by atoms with Crippen molar-refractivity contribution in [1.29, 1.82) is 0 Å². The summed E-state index contributed by atoms with van der Waals surface area (Å²) in [5, 5.41) is 11.4. The van der Waals surface area contributed by atoms with Crippen LogP contribution < -0.4 is 0 Å². The van der Waals surface area contributed by atoms with E-state index in [1.54, 1.807) is 19.2 Å². The Balaban J connectivity index is 1.39. The van der Waals surface area contributed by atoms with Gasteiger partial charge in [-0.2, -0.15) is 4.31 Å². The first kappa shape index (κ1) is 23.7. The van der Waals surface area contributed by atoms with Gasteiger partial charge in [0, 0.05) is 49.8 Å². The van der Waals surface area contributed by atoms with Crippen LogP contribution in [-0.4, -0.2) is 48.6 Å². The number of rotatable bonds is 6. The fourth-order valence-corrected chi connectivity index (χ4v) is 6.34. The molecular weight excluding hydrogens is 466 g/mol. The number of piperidine rings is 1. The van der Waals surface area contributed by atoms with Crippen molar-refractivity contribution < 1.29 is 18.1 Å². The van der Waals surface area contributed by atoms with Crippen molar-refractivity contribution in [3.63, 3.8) is 0 Å². The molecule has 0 saturated carbocycles. The number of aryl methyl sites for hydroxylation is 2. The minimum atomic E-state index is -3.59. The summed E-state index contributed by atoms with van der Waals surface area (Å²) >= 11 is 6.16. The lowest BCUT2D eigenvalue weighted by atomic mass is 9.96. The van der Waals surface area contributed by atoms with Crippen LogP contribution in [0.15, 0.2) is 41.3 Å². The quantitative estimate of drug-likeness (QED) is 0.452. The smallest absolute Gasteiger partial charge is 0.269 e. The van der Waals surface area contributed by atoms with E-state index in [1.807, 2.05) is 6.07 Å². The third-order valence-corrected chi connectivity index (χ3v) is 8.80. The fraction of sp³-hybridized carbons (Fsp3) is 0.435. The third-order valence-electron chi connectivity index (χ3n) is 6.53. The molecule has 176 valence electrons. The van der Waals surface area contributed by atoms with Crippen LogP contribution in [0, 0.1) is 16.0 Å². The Morgan fingerprint density at radius 2 is 1.85 bits per heavy atom. The molecule has 0 bridgehead atoms. The second-order valence-electron chi connectivity index (χ2n) is 8.69. The van der Waals surface area contributed by atoms with Crippen molar-refractivity contribution in [3.05, 3.63) is 68.2 Å². The monoisotopic (exact) mass is 491 g/mol. The number of hydrogen-bond donors (Lipinski definition) is 0. The van der Waals surface area contributed by atoms with E-state index in [1.165, 1.54) is 33.0 Å². The number of carbonyl (C=O) groups is 1. The highest BCUT2D eigenvalue weighted by molar-refractivity contribution is 7.89. The summed E-state index contributed by atoms with van der Waals surface area (Å²) in [6, 6.07) is 9.55. The van der Waals surface area contributed by atoms with Gasteiger partial charge in [0.05, 0.1) is 9.82 Å². The number of sulfonamides is 1. The molecule has 1 fully saturated rings. The van der Waals surface area contributed by atoms with Gasteiger partial charge in [-0.3, -0.25) is 14.9 Å². The molecule has 0 radical (unpaired) electrons. The lowest BCUT2D eigenvalue weighted by molar-refractivity contribution is -0.384. The maximum atomic E-state index is 13.1. The highest BCUT2D eigenvalue weighted by atomic mass is 35.5. The Kier molecular flexibility index (Phi) is 6.74. The molecular formula is C23H26ClN3O5S. The molecule has 0 aromatic heterocycles. The van der Waals surface area contributed by atoms with E-state index in [2.05, 4.69) is 0 Å². The fourth-order valence-electron chi connectivity index (χ4n) is 4.64. The molecule has 8 nitrogen and oxygen atoms in total. The van der Waals surface area contributed by atoms with Crippen LogP contribution in [0.3, 0.4) is 0 Å². The number of nitro benzene ring substituents is 1. The molecule has 0 spiro atoms. The van der Waals surface area contributed by atoms with Gasteiger partial charge in [-0.25, -0.2) is 8.42 Å². The van der Waals surface area contributed by atoms with Gasteiger partial charge in [0.15, 0.2) is 0 Å². The van der Waals surface area contributed by atoms with Gasteiger partial charge in [0.1, 0.15) is 0 Å². The van der Waals surface area contributed by atoms with Gasteiger partial charge in [-0.15, -0.1) is 0 Å². The van der Waals surface area contributed by atoms with Crippen LogP contribution in [0.5, 0.6) is 0 Å². The molecule has 0 unspecified atom stereocenters. The van der Waals surface area contributed by atoms with Gasteiger partial charge in [0.2, 0.25) is 15.9 Å². The number of halogens is 1. The summed E-state index contributed by atoms with van der Waals surface area (Å²) in [7, 11) is -1.96. The molecule has 1 saturated heterocycles. The van der Waals surface area contributed by atoms with Crippen molar-refractivity contribution in [2.24, 2.45) is 5.92 Å². The minimum Gasteiger partial charge on any atom is -0.341 e. The minimum absolute atomic E-state index is 0.0830. The molecule has 10 heteroatoms. The molecule has 2 aromatic rings. The number of non-ortho nitro benzene ring substituents is 1. The highest BCUT2D eigenvalue weighted by Crippen LogP contribution is 2.30. The third kappa shape index (κ3) is 4.90. The van der Waals surface area contributed by atoms with E-state index < -0.39 is 14.9 Å². The molecule has 0 N–H and O–H groups in total. The topological polar surface area (TPSA) is 101 Å². The highest BCUT2D eigenvalue weighted by Gasteiger charge is 2.33. The number of nitrogens with zero attached hydrogens (tertiary/aromatic N) is 3. The van der Waals surface area contributed by atoms with Gasteiger partial charge in [-0.05, 0) is 67.0 Å². The Morgan fingerprint density at radius 1 is 1.15 bits per heavy atom. The van der Waals surface area contributed by atoms with Crippen LogP contribution in [0.25, 0.3) is 0 Å². The average molecular weight is 492 g/mol. The molecule has 0 atom stereocenters. The Hall–Kier alpha value is -2.49. The van der Waals surface area contributed by atoms with Crippen LogP contribution in [-0.2, 0) is 34.2 Å². The van der Waals surface area contributed by atoms with Gasteiger partial charge >= 0.3 is 0 Å². The van der Waals surface area contributed by atoms with Crippen LogP contribution >= 0.6 is 11.6 Å². The molecule has 2 aromatic carbocycles. The van der Waals surface area contributed by atoms with E-state index in [4.69, 9.17) is 11.6 Å². The standard InChI is InChI=1S/C23H26ClN3O5S/c1-25(15-19-13-20(27(29)30)6-8-22(19)24)23(28)17-9-11-26(12-10-17)33(31,32)21-7-5-16-3-2-4-18(16)14-21/h5-8,13-14,17H,2-4,9-12,15H2,1H3. The zero-order valence-electron chi connectivity index (χ0n) is 18.4. The maximum Gasteiger partial charge on any atom is 0.269 e. The molecule has 2 aliphatic rings. The average Bonchev–Trinajstić information content (AvgIpc) is 3.28. The zero-order chi connectivity index (χ0) is 23.8. The van der Waals surface area contributed by atoms with Crippen LogP contribution in [0.4, 0.5) is 5.69 Å². The first-order valence-electron chi connectivity index (χ1n) is 11.0. The predicted molar refractivity (Wildman–Crippen MR) is 125 cm³/mol. The van der Waals surface area contributed by atoms with Crippen molar-refractivity contribution in [3.8, 4) is 0 Å². The second-order valence-corrected chi connectivity index (χ2v) is 11.0. The number of amides is 1. The summed E-state index contributed by atoms with van der Waals surface area (Å²) in [6.45, 7) is 0.704. The lowest BCUT2D eigenvalue weighted by Gasteiger charge is -2.32. The predicted octanol–water partition coefficient (Wildman–Crippen LogP) is 3.80. The Labute approximate surface area is 198 Å². The van der Waals surface area contributed by atoms with E-state index in [0.29, 0.717) is 28.3 Å². The van der Waals surface area contributed by atoms with Crippen molar-refractivity contribution in [2.75, 3.05) is 20.1 Å². The van der Waals surface area contributed by atoms with E-state index >= 15 is 0 Å². The molecule has 1 aliphatic carbocycles. The summed E-state index contributed by atoms with van der Waals surface area (Å²) in [5.74, 6) is -0.425. The number of carbonyl (C=O) groups excluding carboxylic acids is 1. The molecule has 1 heterocycles. The molecule has 4 rings (SSSR count). The maximum absolute atomic E-state index is 13.1. The zero-order valence-corrected chi connectivity index (χ0v) is 19.9. The van der Waals surface area contributed by atoms with Crippen molar-refractivity contribution in [1.82, 2.24) is 9.21 Å². The Bertz CT molecular complexity index is 1190. The SMILES string of the molecule is CN(Cc1cc([N+](=O)[O-])ccc1Cl)C(=O)C1CCN(S(=O)(=O)c2ccc3c(c2)CCC3)CC1. The van der Waals surface area contributed by atoms with E-state index in [0.717, 1.165) is 24.8 Å². The van der Waals surface area contributed by atoms with Crippen LogP contribution in [0.1, 0.15) is 36.0 Å². The van der Waals surface area contributed by atoms with Crippen molar-refractivity contribution in [2.45, 2.75) is 43.5 Å². The van der Waals surface area contributed by atoms with Gasteiger partial charge in [0.25, 0.3) is 5.69 Å². The number of nitro groups is 1. The second kappa shape index (κ2) is 9.40. The lowest BCUT2D eigenvalue weighted by Crippen LogP contribution is -2.43. The van der Waals surface area contributed by atoms with Gasteiger partial charge < -0.3 is 4.90 Å². The summed E-state index contributed by atoms with van der Waals surface area (Å²) in [4.78, 5) is 25.3. The largest absolute Gasteiger partial charge is 0.341 e. The normalized spacial score (nSPS) is 17.0. The molecule has 33 heavy (non-hydrogen) atoms. The van der Waals surface area contributed by atoms with Crippen molar-refractivity contribution >= 4 is 33.2 Å². The Morgan fingerprint density at radius 3 is 2.55 bits per heavy atom. The number of benzene rings is 2. The summed E-state index contributed by atoms with van der Waals surface area (Å²) < 4.78 is 27.7. The molecule has 1 amide bonds. The van der Waals surface area contributed by atoms with Crippen LogP contribution in [0.2, 0.25) is 5.02 Å². The van der Waals surface area contributed by atoms with Gasteiger partial charge in [-0.1, -0.05) is 17.7 Å². The number of hydrogen-bond acceptors (Lipinski definition) is 5. The summed E-state index contributed by atoms with van der Waals surface area (Å²) in [5.41, 5.74) is 2.76. The first-order valence-corrected chi connectivity index (χ1v) is 12.8. The van der Waals surface area contributed by atoms with E-state index in [-0.39, 0.29) is 37.1 Å². The first-order chi connectivity index (χ1) is 15.7.